The number of aromatic nitrogens is 3. The largest absolute Gasteiger partial charge is 0.479 e. The van der Waals surface area contributed by atoms with Gasteiger partial charge < -0.3 is 19.5 Å². The number of hydrogen-bond donors (Lipinski definition) is 1. The van der Waals surface area contributed by atoms with E-state index in [1.165, 1.54) is 18.4 Å². The molecule has 2 aromatic heterocycles. The van der Waals surface area contributed by atoms with Crippen LogP contribution in [0.3, 0.4) is 0 Å². The Hall–Kier alpha value is -3.83. The average molecular weight is 661 g/mol. The fourth-order valence-corrected chi connectivity index (χ4v) is 7.56. The average Bonchev–Trinajstić information content (AvgIpc) is 3.73. The van der Waals surface area contributed by atoms with Crippen molar-refractivity contribution >= 4 is 55.9 Å². The molecule has 0 spiro atoms. The van der Waals surface area contributed by atoms with E-state index >= 15 is 0 Å². The molecule has 6 rings (SSSR count). The molecule has 1 saturated heterocycles. The molecule has 1 unspecified atom stereocenters. The Bertz CT molecular complexity index is 1960. The van der Waals surface area contributed by atoms with Crippen LogP contribution in [0.4, 0.5) is 0 Å². The van der Waals surface area contributed by atoms with E-state index in [9.17, 15) is 14.7 Å². The first-order chi connectivity index (χ1) is 21.8. The SMILES string of the molecule is COCC(=O)N1CCC(c2nn(C)c3ccc(-c4nc5cc(C)c([C@H](OC(C)(C)C)C(=O)O)c(-c6ccc(Cl)cc6)c5s4)cc23)C1. The Kier molecular flexibility index (Phi) is 8.67. The van der Waals surface area contributed by atoms with Gasteiger partial charge in [0.05, 0.1) is 27.0 Å². The normalized spacial score (nSPS) is 16.1. The number of amides is 1. The van der Waals surface area contributed by atoms with Gasteiger partial charge in [-0.05, 0) is 81.6 Å². The van der Waals surface area contributed by atoms with Crippen molar-refractivity contribution in [3.63, 3.8) is 0 Å². The molecule has 0 radical (unpaired) electrons. The zero-order chi connectivity index (χ0) is 32.9. The fraction of sp³-hybridized carbons (Fsp3) is 0.371. The summed E-state index contributed by atoms with van der Waals surface area (Å²) in [6, 6.07) is 15.6. The van der Waals surface area contributed by atoms with E-state index in [1.54, 1.807) is 0 Å². The number of fused-ring (bicyclic) bond motifs is 2. The lowest BCUT2D eigenvalue weighted by atomic mass is 9.91. The first kappa shape index (κ1) is 32.1. The number of hydrogen-bond acceptors (Lipinski definition) is 7. The number of carbonyl (C=O) groups excluding carboxylic acids is 1. The quantitative estimate of drug-likeness (QED) is 0.185. The molecular weight excluding hydrogens is 624 g/mol. The van der Waals surface area contributed by atoms with Crippen LogP contribution in [-0.4, -0.2) is 69.1 Å². The van der Waals surface area contributed by atoms with Crippen molar-refractivity contribution in [1.29, 1.82) is 0 Å². The highest BCUT2D eigenvalue weighted by molar-refractivity contribution is 7.22. The molecule has 1 fully saturated rings. The summed E-state index contributed by atoms with van der Waals surface area (Å²) in [6.07, 6.45) is -0.349. The number of methoxy groups -OCH3 is 1. The van der Waals surface area contributed by atoms with E-state index in [0.29, 0.717) is 23.7 Å². The molecule has 3 aromatic carbocycles. The molecule has 1 N–H and O–H groups in total. The molecule has 1 amide bonds. The third-order valence-electron chi connectivity index (χ3n) is 8.34. The lowest BCUT2D eigenvalue weighted by molar-refractivity contribution is -0.160. The summed E-state index contributed by atoms with van der Waals surface area (Å²) in [6.45, 7) is 8.83. The van der Waals surface area contributed by atoms with Gasteiger partial charge in [0, 0.05) is 60.3 Å². The minimum atomic E-state index is -1.18. The van der Waals surface area contributed by atoms with E-state index in [1.807, 2.05) is 80.7 Å². The topological polar surface area (TPSA) is 107 Å². The molecule has 5 aromatic rings. The van der Waals surface area contributed by atoms with Gasteiger partial charge in [-0.25, -0.2) is 9.78 Å². The van der Waals surface area contributed by atoms with Crippen molar-refractivity contribution in [3.05, 3.63) is 70.4 Å². The van der Waals surface area contributed by atoms with Crippen LogP contribution in [0.15, 0.2) is 48.5 Å². The number of ether oxygens (including phenoxy) is 2. The Balaban J connectivity index is 1.49. The maximum absolute atomic E-state index is 12.7. The van der Waals surface area contributed by atoms with Crippen LogP contribution in [0.5, 0.6) is 0 Å². The zero-order valence-electron chi connectivity index (χ0n) is 26.8. The molecule has 240 valence electrons. The smallest absolute Gasteiger partial charge is 0.337 e. The van der Waals surface area contributed by atoms with E-state index in [4.69, 9.17) is 31.2 Å². The number of rotatable bonds is 8. The third-order valence-corrected chi connectivity index (χ3v) is 9.73. The number of halogens is 1. The maximum atomic E-state index is 12.7. The second-order valence-corrected chi connectivity index (χ2v) is 14.2. The fourth-order valence-electron chi connectivity index (χ4n) is 6.31. The van der Waals surface area contributed by atoms with Crippen molar-refractivity contribution in [2.45, 2.75) is 51.7 Å². The number of carboxylic acids is 1. The molecule has 9 nitrogen and oxygen atoms in total. The highest BCUT2D eigenvalue weighted by Gasteiger charge is 2.33. The molecule has 1 aliphatic rings. The van der Waals surface area contributed by atoms with Crippen molar-refractivity contribution in [1.82, 2.24) is 19.7 Å². The van der Waals surface area contributed by atoms with Crippen LogP contribution in [0.1, 0.15) is 56.0 Å². The molecule has 0 bridgehead atoms. The minimum Gasteiger partial charge on any atom is -0.479 e. The Morgan fingerprint density at radius 3 is 2.52 bits per heavy atom. The first-order valence-electron chi connectivity index (χ1n) is 15.2. The Morgan fingerprint density at radius 2 is 1.85 bits per heavy atom. The van der Waals surface area contributed by atoms with Crippen LogP contribution in [0.25, 0.3) is 42.8 Å². The number of aryl methyl sites for hydroxylation is 2. The summed E-state index contributed by atoms with van der Waals surface area (Å²) < 4.78 is 14.0. The van der Waals surface area contributed by atoms with Crippen molar-refractivity contribution in [2.75, 3.05) is 26.8 Å². The summed E-state index contributed by atoms with van der Waals surface area (Å²) in [5, 5.41) is 17.7. The number of aliphatic carboxylic acids is 1. The van der Waals surface area contributed by atoms with Crippen LogP contribution in [-0.2, 0) is 26.1 Å². The summed E-state index contributed by atoms with van der Waals surface area (Å²) in [4.78, 5) is 32.1. The minimum absolute atomic E-state index is 0.00964. The third kappa shape index (κ3) is 6.14. The van der Waals surface area contributed by atoms with Gasteiger partial charge in [0.2, 0.25) is 5.91 Å². The summed E-state index contributed by atoms with van der Waals surface area (Å²) >= 11 is 7.78. The number of carboxylic acid groups (broad SMARTS) is 1. The van der Waals surface area contributed by atoms with Gasteiger partial charge in [0.1, 0.15) is 11.6 Å². The lowest BCUT2D eigenvalue weighted by Crippen LogP contribution is -2.31. The van der Waals surface area contributed by atoms with Crippen LogP contribution < -0.4 is 0 Å². The molecule has 1 aliphatic heterocycles. The van der Waals surface area contributed by atoms with Crippen molar-refractivity contribution in [3.8, 4) is 21.7 Å². The van der Waals surface area contributed by atoms with E-state index in [2.05, 4.69) is 12.1 Å². The van der Waals surface area contributed by atoms with E-state index in [-0.39, 0.29) is 18.4 Å². The van der Waals surface area contributed by atoms with Gasteiger partial charge in [-0.1, -0.05) is 23.7 Å². The number of carbonyl (C=O) groups is 2. The molecule has 46 heavy (non-hydrogen) atoms. The molecule has 0 aliphatic carbocycles. The highest BCUT2D eigenvalue weighted by atomic mass is 35.5. The standard InChI is InChI=1S/C35H37ClN4O5S/c1-19-15-25-32(29(20-7-10-23(36)11-8-20)28(19)31(34(42)43)45-35(2,3)4)46-33(37-25)21-9-12-26-24(16-21)30(38-39(26)5)22-13-14-40(17-22)27(41)18-44-6/h7-12,15-16,22,31H,13-14,17-18H2,1-6H3,(H,42,43)/t22?,31-/m0/s1. The second-order valence-electron chi connectivity index (χ2n) is 12.8. The van der Waals surface area contributed by atoms with Gasteiger partial charge in [-0.2, -0.15) is 5.10 Å². The predicted molar refractivity (Wildman–Crippen MR) is 182 cm³/mol. The van der Waals surface area contributed by atoms with Crippen LogP contribution in [0.2, 0.25) is 5.02 Å². The maximum Gasteiger partial charge on any atom is 0.337 e. The monoisotopic (exact) mass is 660 g/mol. The van der Waals surface area contributed by atoms with E-state index in [0.717, 1.165) is 60.5 Å². The first-order valence-corrected chi connectivity index (χ1v) is 16.4. The van der Waals surface area contributed by atoms with Crippen LogP contribution >= 0.6 is 22.9 Å². The van der Waals surface area contributed by atoms with Gasteiger partial charge in [0.25, 0.3) is 0 Å². The second kappa shape index (κ2) is 12.4. The van der Waals surface area contributed by atoms with Gasteiger partial charge in [0.15, 0.2) is 6.10 Å². The van der Waals surface area contributed by atoms with Crippen molar-refractivity contribution < 1.29 is 24.2 Å². The Labute approximate surface area is 276 Å². The van der Waals surface area contributed by atoms with E-state index < -0.39 is 17.7 Å². The molecular formula is C35H37ClN4O5S. The number of likely N-dealkylation sites (tertiary alicyclic amines) is 1. The summed E-state index contributed by atoms with van der Waals surface area (Å²) in [7, 11) is 3.47. The zero-order valence-corrected chi connectivity index (χ0v) is 28.3. The molecule has 3 heterocycles. The summed E-state index contributed by atoms with van der Waals surface area (Å²) in [5.74, 6) is -0.946. The molecule has 0 saturated carbocycles. The van der Waals surface area contributed by atoms with Crippen molar-refractivity contribution in [2.24, 2.45) is 7.05 Å². The van der Waals surface area contributed by atoms with Crippen LogP contribution in [0, 0.1) is 6.92 Å². The number of benzene rings is 3. The Morgan fingerprint density at radius 1 is 1.13 bits per heavy atom. The summed E-state index contributed by atoms with van der Waals surface area (Å²) in [5.41, 5.74) is 6.01. The number of thiazole rings is 1. The van der Waals surface area contributed by atoms with Gasteiger partial charge >= 0.3 is 5.97 Å². The predicted octanol–water partition coefficient (Wildman–Crippen LogP) is 7.38. The van der Waals surface area contributed by atoms with Gasteiger partial charge in [-0.3, -0.25) is 9.48 Å². The highest BCUT2D eigenvalue weighted by Crippen LogP contribution is 2.45. The number of nitrogens with zero attached hydrogens (tertiary/aromatic N) is 4. The van der Waals surface area contributed by atoms with Gasteiger partial charge in [-0.15, -0.1) is 11.3 Å². The molecule has 11 heteroatoms. The lowest BCUT2D eigenvalue weighted by Gasteiger charge is -2.28. The molecule has 2 atom stereocenters.